The summed E-state index contributed by atoms with van der Waals surface area (Å²) < 4.78 is 37.8. The average Bonchev–Trinajstić information content (AvgIpc) is 2.84. The van der Waals surface area contributed by atoms with Crippen molar-refractivity contribution in [3.05, 3.63) is 54.1 Å². The van der Waals surface area contributed by atoms with Crippen LogP contribution in [-0.4, -0.2) is 56.7 Å². The van der Waals surface area contributed by atoms with E-state index in [2.05, 4.69) is 5.32 Å². The minimum absolute atomic E-state index is 0.0443. The molecule has 2 aromatic rings. The van der Waals surface area contributed by atoms with Crippen LogP contribution in [0.3, 0.4) is 0 Å². The van der Waals surface area contributed by atoms with Crippen molar-refractivity contribution in [3.63, 3.8) is 0 Å². The topological polar surface area (TPSA) is 119 Å². The number of methoxy groups -OCH3 is 1. The minimum Gasteiger partial charge on any atom is -0.495 e. The lowest BCUT2D eigenvalue weighted by molar-refractivity contribution is -0.158. The lowest BCUT2D eigenvalue weighted by atomic mass is 9.98. The maximum absolute atomic E-state index is 13.0. The highest BCUT2D eigenvalue weighted by Crippen LogP contribution is 2.26. The van der Waals surface area contributed by atoms with Crippen molar-refractivity contribution < 1.29 is 32.3 Å². The first-order chi connectivity index (χ1) is 16.1. The van der Waals surface area contributed by atoms with Gasteiger partial charge < -0.3 is 14.8 Å². The van der Waals surface area contributed by atoms with Gasteiger partial charge in [0, 0.05) is 18.7 Å². The molecule has 0 saturated carbocycles. The first-order valence-corrected chi connectivity index (χ1v) is 12.3. The summed E-state index contributed by atoms with van der Waals surface area (Å²) in [6.07, 6.45) is -0.495. The lowest BCUT2D eigenvalue weighted by Crippen LogP contribution is -2.41. The van der Waals surface area contributed by atoms with Gasteiger partial charge in [0.25, 0.3) is 5.91 Å². The van der Waals surface area contributed by atoms with E-state index in [0.29, 0.717) is 17.0 Å². The smallest absolute Gasteiger partial charge is 0.309 e. The third-order valence-corrected chi connectivity index (χ3v) is 7.59. The number of carbonyl (C=O) groups is 3. The fraction of sp³-hybridized carbons (Fsp3) is 0.375. The molecule has 1 N–H and O–H groups in total. The summed E-state index contributed by atoms with van der Waals surface area (Å²) in [5.74, 6) is -1.29. The molecule has 0 spiro atoms. The van der Waals surface area contributed by atoms with Crippen molar-refractivity contribution in [2.45, 2.75) is 37.7 Å². The SMILES string of the molecule is COc1ccccc1NC(=O)C(C)OC(=O)C1CCN(S(=O)(=O)c2cccc(C(C)=O)c2)CC1. The van der Waals surface area contributed by atoms with Crippen molar-refractivity contribution >= 4 is 33.4 Å². The summed E-state index contributed by atoms with van der Waals surface area (Å²) in [6, 6.07) is 12.8. The van der Waals surface area contributed by atoms with E-state index in [0.717, 1.165) is 0 Å². The van der Waals surface area contributed by atoms with Gasteiger partial charge in [-0.3, -0.25) is 14.4 Å². The third-order valence-electron chi connectivity index (χ3n) is 5.69. The van der Waals surface area contributed by atoms with Crippen LogP contribution in [0, 0.1) is 5.92 Å². The number of hydrogen-bond donors (Lipinski definition) is 1. The van der Waals surface area contributed by atoms with Crippen molar-refractivity contribution in [2.75, 3.05) is 25.5 Å². The van der Waals surface area contributed by atoms with E-state index in [1.807, 2.05) is 0 Å². The number of rotatable bonds is 8. The number of para-hydroxylation sites is 2. The van der Waals surface area contributed by atoms with Crippen LogP contribution in [0.2, 0.25) is 0 Å². The molecule has 0 aromatic heterocycles. The second kappa shape index (κ2) is 10.8. The Kier molecular flexibility index (Phi) is 8.06. The molecule has 182 valence electrons. The molecule has 9 nitrogen and oxygen atoms in total. The van der Waals surface area contributed by atoms with Crippen molar-refractivity contribution in [3.8, 4) is 5.75 Å². The van der Waals surface area contributed by atoms with Gasteiger partial charge >= 0.3 is 5.97 Å². The number of anilines is 1. The Labute approximate surface area is 199 Å². The van der Waals surface area contributed by atoms with E-state index in [1.165, 1.54) is 43.5 Å². The molecule has 1 unspecified atom stereocenters. The summed E-state index contributed by atoms with van der Waals surface area (Å²) >= 11 is 0. The molecule has 1 heterocycles. The molecular formula is C24H28N2O7S. The number of hydrogen-bond acceptors (Lipinski definition) is 7. The van der Waals surface area contributed by atoms with E-state index in [9.17, 15) is 22.8 Å². The number of amides is 1. The molecule has 1 saturated heterocycles. The zero-order chi connectivity index (χ0) is 24.9. The largest absolute Gasteiger partial charge is 0.495 e. The van der Waals surface area contributed by atoms with Crippen LogP contribution in [0.5, 0.6) is 5.75 Å². The van der Waals surface area contributed by atoms with Crippen molar-refractivity contribution in [1.82, 2.24) is 4.31 Å². The normalized spacial score (nSPS) is 15.9. The Morgan fingerprint density at radius 2 is 1.74 bits per heavy atom. The van der Waals surface area contributed by atoms with Crippen LogP contribution in [0.15, 0.2) is 53.4 Å². The van der Waals surface area contributed by atoms with Gasteiger partial charge in [-0.25, -0.2) is 8.42 Å². The Hall–Kier alpha value is -3.24. The average molecular weight is 489 g/mol. The van der Waals surface area contributed by atoms with Gasteiger partial charge in [0.15, 0.2) is 11.9 Å². The molecule has 1 aliphatic heterocycles. The Bertz CT molecular complexity index is 1170. The zero-order valence-electron chi connectivity index (χ0n) is 19.3. The second-order valence-electron chi connectivity index (χ2n) is 8.03. The van der Waals surface area contributed by atoms with Crippen LogP contribution < -0.4 is 10.1 Å². The summed E-state index contributed by atoms with van der Waals surface area (Å²) in [6.45, 7) is 3.12. The molecule has 0 radical (unpaired) electrons. The summed E-state index contributed by atoms with van der Waals surface area (Å²) in [5, 5.41) is 2.67. The van der Waals surface area contributed by atoms with Crippen LogP contribution in [-0.2, 0) is 24.3 Å². The van der Waals surface area contributed by atoms with Gasteiger partial charge in [-0.2, -0.15) is 4.31 Å². The van der Waals surface area contributed by atoms with Crippen LogP contribution in [0.25, 0.3) is 0 Å². The van der Waals surface area contributed by atoms with Gasteiger partial charge in [0.1, 0.15) is 5.75 Å². The number of carbonyl (C=O) groups excluding carboxylic acids is 3. The summed E-state index contributed by atoms with van der Waals surface area (Å²) in [7, 11) is -2.30. The van der Waals surface area contributed by atoms with E-state index in [4.69, 9.17) is 9.47 Å². The summed E-state index contributed by atoms with van der Waals surface area (Å²) in [5.41, 5.74) is 0.783. The maximum Gasteiger partial charge on any atom is 0.309 e. The lowest BCUT2D eigenvalue weighted by Gasteiger charge is -2.30. The Balaban J connectivity index is 1.56. The van der Waals surface area contributed by atoms with Gasteiger partial charge in [-0.15, -0.1) is 0 Å². The predicted octanol–water partition coefficient (Wildman–Crippen LogP) is 2.87. The van der Waals surface area contributed by atoms with E-state index >= 15 is 0 Å². The highest BCUT2D eigenvalue weighted by atomic mass is 32.2. The fourth-order valence-corrected chi connectivity index (χ4v) is 5.18. The van der Waals surface area contributed by atoms with Gasteiger partial charge in [-0.1, -0.05) is 24.3 Å². The Morgan fingerprint density at radius 1 is 1.06 bits per heavy atom. The molecule has 1 aliphatic rings. The molecule has 10 heteroatoms. The second-order valence-corrected chi connectivity index (χ2v) is 9.97. The molecule has 2 aromatic carbocycles. The number of piperidine rings is 1. The molecule has 34 heavy (non-hydrogen) atoms. The van der Waals surface area contributed by atoms with Crippen LogP contribution in [0.1, 0.15) is 37.0 Å². The predicted molar refractivity (Wildman–Crippen MR) is 125 cm³/mol. The number of nitrogens with zero attached hydrogens (tertiary/aromatic N) is 1. The maximum atomic E-state index is 13.0. The number of ether oxygens (including phenoxy) is 2. The zero-order valence-corrected chi connectivity index (χ0v) is 20.1. The highest BCUT2D eigenvalue weighted by Gasteiger charge is 2.34. The number of sulfonamides is 1. The third kappa shape index (κ3) is 5.81. The molecule has 3 rings (SSSR count). The van der Waals surface area contributed by atoms with E-state index < -0.39 is 33.9 Å². The molecule has 1 atom stereocenters. The molecule has 1 amide bonds. The van der Waals surface area contributed by atoms with Gasteiger partial charge in [-0.05, 0) is 51.0 Å². The highest BCUT2D eigenvalue weighted by molar-refractivity contribution is 7.89. The van der Waals surface area contributed by atoms with Crippen LogP contribution in [0.4, 0.5) is 5.69 Å². The molecule has 1 fully saturated rings. The number of ketones is 1. The number of benzene rings is 2. The monoisotopic (exact) mass is 488 g/mol. The minimum atomic E-state index is -3.79. The van der Waals surface area contributed by atoms with Gasteiger partial charge in [0.2, 0.25) is 10.0 Å². The quantitative estimate of drug-likeness (QED) is 0.448. The van der Waals surface area contributed by atoms with E-state index in [-0.39, 0.29) is 36.6 Å². The number of nitrogens with one attached hydrogen (secondary N) is 1. The van der Waals surface area contributed by atoms with E-state index in [1.54, 1.807) is 30.3 Å². The first kappa shape index (κ1) is 25.4. The first-order valence-electron chi connectivity index (χ1n) is 10.9. The van der Waals surface area contributed by atoms with Crippen molar-refractivity contribution in [2.24, 2.45) is 5.92 Å². The number of esters is 1. The number of Topliss-reactive ketones (excluding diaryl/α,β-unsaturated/α-hetero) is 1. The van der Waals surface area contributed by atoms with Crippen molar-refractivity contribution in [1.29, 1.82) is 0 Å². The van der Waals surface area contributed by atoms with Gasteiger partial charge in [0.05, 0.1) is 23.6 Å². The molecular weight excluding hydrogens is 460 g/mol. The molecule has 0 bridgehead atoms. The van der Waals surface area contributed by atoms with Crippen LogP contribution >= 0.6 is 0 Å². The molecule has 0 aliphatic carbocycles. The standard InChI is InChI=1S/C24H28N2O7S/c1-16(27)19-7-6-8-20(15-19)34(30,31)26-13-11-18(12-14-26)24(29)33-17(2)23(28)25-21-9-4-5-10-22(21)32-3/h4-10,15,17-18H,11-14H2,1-3H3,(H,25,28). The summed E-state index contributed by atoms with van der Waals surface area (Å²) in [4.78, 5) is 36.7. The Morgan fingerprint density at radius 3 is 2.38 bits per heavy atom. The fourth-order valence-electron chi connectivity index (χ4n) is 3.66.